The number of carbonyl (C=O) groups is 2. The van der Waals surface area contributed by atoms with Crippen LogP contribution in [0.2, 0.25) is 0 Å². The molecule has 0 spiro atoms. The molecule has 0 aliphatic rings. The van der Waals surface area contributed by atoms with E-state index < -0.39 is 74.5 Å². The Morgan fingerprint density at radius 1 is 0.644 bits per heavy atom. The first kappa shape index (κ1) is 46.1. The van der Waals surface area contributed by atoms with Gasteiger partial charge in [-0.1, -0.05) is 51.1 Å². The fourth-order valence-electron chi connectivity index (χ4n) is 4.89. The summed E-state index contributed by atoms with van der Waals surface area (Å²) in [5.74, 6) is -1.26. The number of pyridine rings is 2. The Morgan fingerprint density at radius 2 is 1.10 bits per heavy atom. The van der Waals surface area contributed by atoms with Gasteiger partial charge in [0.05, 0.1) is 21.2 Å². The van der Waals surface area contributed by atoms with Gasteiger partial charge in [0.2, 0.25) is 11.8 Å². The molecule has 4 aromatic heterocycles. The number of aryl methyl sites for hydroxylation is 1. The second-order valence-electron chi connectivity index (χ2n) is 15.0. The first-order chi connectivity index (χ1) is 26.9. The highest BCUT2D eigenvalue weighted by molar-refractivity contribution is 7.94. The Labute approximate surface area is 335 Å². The highest BCUT2D eigenvalue weighted by Crippen LogP contribution is 2.33. The average molecular weight is 871 g/mol. The number of alkyl halides is 6. The number of nitrogens with zero attached hydrogens (tertiary/aromatic N) is 5. The molecular weight excluding hydrogens is 831 g/mol. The largest absolute Gasteiger partial charge is 0.433 e. The van der Waals surface area contributed by atoms with E-state index in [1.165, 1.54) is 18.5 Å². The number of rotatable bonds is 9. The molecule has 59 heavy (non-hydrogen) atoms. The van der Waals surface area contributed by atoms with Gasteiger partial charge in [0.25, 0.3) is 0 Å². The van der Waals surface area contributed by atoms with E-state index in [2.05, 4.69) is 35.9 Å². The Bertz CT molecular complexity index is 2530. The van der Waals surface area contributed by atoms with Gasteiger partial charge in [0.1, 0.15) is 32.5 Å². The smallest absolute Gasteiger partial charge is 0.310 e. The average Bonchev–Trinajstić information content (AvgIpc) is 3.78. The molecule has 318 valence electrons. The van der Waals surface area contributed by atoms with Crippen molar-refractivity contribution in [2.45, 2.75) is 85.5 Å². The van der Waals surface area contributed by atoms with E-state index in [0.717, 1.165) is 31.5 Å². The number of aromatic nitrogens is 6. The number of H-pyrrole nitrogens is 1. The van der Waals surface area contributed by atoms with E-state index in [1.807, 2.05) is 51.1 Å². The maximum atomic E-state index is 13.0. The number of hydrogen-bond acceptors (Lipinski definition) is 10. The summed E-state index contributed by atoms with van der Waals surface area (Å²) < 4.78 is 125. The number of halogens is 6. The third kappa shape index (κ3) is 9.98. The highest BCUT2D eigenvalue weighted by Gasteiger charge is 2.45. The molecule has 1 aromatic carbocycles. The molecule has 3 N–H and O–H groups in total. The fraction of sp³-hybridized carbons (Fsp3) is 0.351. The summed E-state index contributed by atoms with van der Waals surface area (Å²) in [5, 5.41) is 16.0. The summed E-state index contributed by atoms with van der Waals surface area (Å²) in [6, 6.07) is 15.0. The third-order valence-electron chi connectivity index (χ3n) is 8.90. The lowest BCUT2D eigenvalue weighted by Crippen LogP contribution is -2.44. The minimum atomic E-state index is -4.70. The van der Waals surface area contributed by atoms with E-state index >= 15 is 0 Å². The zero-order valence-electron chi connectivity index (χ0n) is 32.8. The Kier molecular flexibility index (Phi) is 12.6. The SMILES string of the molecule is CC(C)(C)c1cc(NC(=O)C(C)(C)S(=O)(=O)c2ccc(C(F)(F)F)nc2)[nH]n1.Cn1nc(-c2ccccc2)cc1NC(=O)C(C)(C)S(=O)(=O)c1ccc(C(F)(F)F)nc1. The van der Waals surface area contributed by atoms with E-state index in [0.29, 0.717) is 35.9 Å². The van der Waals surface area contributed by atoms with Gasteiger partial charge < -0.3 is 10.6 Å². The van der Waals surface area contributed by atoms with Crippen LogP contribution < -0.4 is 10.6 Å². The minimum absolute atomic E-state index is 0.212. The van der Waals surface area contributed by atoms with Crippen LogP contribution >= 0.6 is 0 Å². The number of benzene rings is 1. The van der Waals surface area contributed by atoms with Crippen LogP contribution in [0.3, 0.4) is 0 Å². The molecule has 2 amide bonds. The van der Waals surface area contributed by atoms with Gasteiger partial charge in [-0.3, -0.25) is 29.3 Å². The van der Waals surface area contributed by atoms with Gasteiger partial charge in [-0.25, -0.2) is 16.8 Å². The van der Waals surface area contributed by atoms with Crippen LogP contribution in [0.15, 0.2) is 88.9 Å². The van der Waals surface area contributed by atoms with E-state index in [1.54, 1.807) is 19.2 Å². The number of amides is 2. The van der Waals surface area contributed by atoms with E-state index in [4.69, 9.17) is 0 Å². The maximum absolute atomic E-state index is 13.0. The molecule has 14 nitrogen and oxygen atoms in total. The van der Waals surface area contributed by atoms with Crippen molar-refractivity contribution in [1.82, 2.24) is 29.9 Å². The lowest BCUT2D eigenvalue weighted by atomic mass is 9.92. The van der Waals surface area contributed by atoms with Crippen LogP contribution in [0, 0.1) is 0 Å². The molecule has 0 saturated carbocycles. The van der Waals surface area contributed by atoms with Crippen LogP contribution in [0.5, 0.6) is 0 Å². The van der Waals surface area contributed by atoms with E-state index in [-0.39, 0.29) is 17.1 Å². The second-order valence-corrected chi connectivity index (χ2v) is 20.0. The molecule has 0 fully saturated rings. The summed E-state index contributed by atoms with van der Waals surface area (Å²) >= 11 is 0. The number of sulfone groups is 2. The lowest BCUT2D eigenvalue weighted by molar-refractivity contribution is -0.142. The molecule has 5 aromatic rings. The topological polar surface area (TPSA) is 199 Å². The Hall–Kier alpha value is -5.64. The third-order valence-corrected chi connectivity index (χ3v) is 13.7. The van der Waals surface area contributed by atoms with Crippen molar-refractivity contribution >= 4 is 43.1 Å². The predicted molar refractivity (Wildman–Crippen MR) is 204 cm³/mol. The number of hydrogen-bond donors (Lipinski definition) is 3. The summed E-state index contributed by atoms with van der Waals surface area (Å²) in [5.41, 5.74) is -0.687. The number of carbonyl (C=O) groups excluding carboxylic acids is 2. The summed E-state index contributed by atoms with van der Waals surface area (Å²) in [6.45, 7) is 10.4. The first-order valence-corrected chi connectivity index (χ1v) is 20.2. The molecule has 5 rings (SSSR count). The number of nitrogens with one attached hydrogen (secondary N) is 3. The molecule has 0 bridgehead atoms. The van der Waals surface area contributed by atoms with Gasteiger partial charge in [0.15, 0.2) is 19.7 Å². The fourth-order valence-corrected chi connectivity index (χ4v) is 7.54. The lowest BCUT2D eigenvalue weighted by Gasteiger charge is -2.23. The molecule has 0 atom stereocenters. The number of aromatic amines is 1. The zero-order chi connectivity index (χ0) is 44.6. The predicted octanol–water partition coefficient (Wildman–Crippen LogP) is 7.00. The van der Waals surface area contributed by atoms with Crippen LogP contribution in [-0.4, -0.2) is 68.1 Å². The van der Waals surface area contributed by atoms with Crippen LogP contribution in [0.1, 0.15) is 65.5 Å². The quantitative estimate of drug-likeness (QED) is 0.130. The van der Waals surface area contributed by atoms with Crippen molar-refractivity contribution in [3.8, 4) is 11.3 Å². The highest BCUT2D eigenvalue weighted by atomic mass is 32.2. The molecule has 0 radical (unpaired) electrons. The summed E-state index contributed by atoms with van der Waals surface area (Å²) in [6.07, 6.45) is -8.20. The molecule has 0 saturated heterocycles. The van der Waals surface area contributed by atoms with Crippen molar-refractivity contribution in [2.75, 3.05) is 10.6 Å². The molecule has 0 unspecified atom stereocenters. The Morgan fingerprint density at radius 3 is 1.49 bits per heavy atom. The van der Waals surface area contributed by atoms with Crippen molar-refractivity contribution in [3.05, 3.63) is 96.2 Å². The van der Waals surface area contributed by atoms with Crippen LogP contribution in [0.4, 0.5) is 38.0 Å². The Balaban J connectivity index is 0.000000262. The second kappa shape index (κ2) is 16.2. The van der Waals surface area contributed by atoms with Crippen LogP contribution in [-0.2, 0) is 54.1 Å². The first-order valence-electron chi connectivity index (χ1n) is 17.2. The van der Waals surface area contributed by atoms with Gasteiger partial charge in [-0.2, -0.15) is 36.5 Å². The maximum Gasteiger partial charge on any atom is 0.433 e. The van der Waals surface area contributed by atoms with Gasteiger partial charge >= 0.3 is 12.4 Å². The van der Waals surface area contributed by atoms with Crippen molar-refractivity contribution in [1.29, 1.82) is 0 Å². The normalized spacial score (nSPS) is 13.0. The van der Waals surface area contributed by atoms with E-state index in [9.17, 15) is 52.8 Å². The van der Waals surface area contributed by atoms with Gasteiger partial charge in [0, 0.05) is 42.6 Å². The van der Waals surface area contributed by atoms with Crippen molar-refractivity contribution in [3.63, 3.8) is 0 Å². The number of anilines is 2. The van der Waals surface area contributed by atoms with Crippen molar-refractivity contribution < 1.29 is 52.8 Å². The molecule has 0 aliphatic heterocycles. The standard InChI is InChI=1S/C20H19F3N4O3S.C17H21F3N4O3S/c1-19(2,31(29,30)14-9-10-16(24-12-14)20(21,22)23)18(28)25-17-11-15(26-27(17)3)13-7-5-4-6-8-13;1-15(2,3)12-8-13(24-23-12)22-14(25)16(4,5)28(26,27)10-6-7-11(21-9-10)17(18,19)20/h4-12H,1-3H3,(H,25,28);6-9H,1-5H3,(H2,22,23,24,25). The van der Waals surface area contributed by atoms with Gasteiger partial charge in [-0.05, 0) is 52.0 Å². The van der Waals surface area contributed by atoms with Crippen LogP contribution in [0.25, 0.3) is 11.3 Å². The minimum Gasteiger partial charge on any atom is -0.310 e. The summed E-state index contributed by atoms with van der Waals surface area (Å²) in [7, 11) is -7.08. The zero-order valence-corrected chi connectivity index (χ0v) is 34.4. The molecular formula is C37H40F6N8O6S2. The van der Waals surface area contributed by atoms with Crippen molar-refractivity contribution in [2.24, 2.45) is 7.05 Å². The molecule has 22 heteroatoms. The summed E-state index contributed by atoms with van der Waals surface area (Å²) in [4.78, 5) is 30.8. The molecule has 4 heterocycles. The molecule has 0 aliphatic carbocycles. The monoisotopic (exact) mass is 870 g/mol. The van der Waals surface area contributed by atoms with Gasteiger partial charge in [-0.15, -0.1) is 0 Å².